The first-order valence-electron chi connectivity index (χ1n) is 6.51. The van der Waals surface area contributed by atoms with Crippen LogP contribution in [0.25, 0.3) is 0 Å². The van der Waals surface area contributed by atoms with E-state index in [1.807, 2.05) is 4.90 Å². The van der Waals surface area contributed by atoms with Crippen LogP contribution in [0.4, 0.5) is 5.69 Å². The van der Waals surface area contributed by atoms with Gasteiger partial charge >= 0.3 is 0 Å². The minimum Gasteiger partial charge on any atom is -0.379 e. The number of ether oxygens (including phenoxy) is 1. The lowest BCUT2D eigenvalue weighted by Gasteiger charge is -2.25. The van der Waals surface area contributed by atoms with Crippen LogP contribution < -0.4 is 5.43 Å². The van der Waals surface area contributed by atoms with Crippen LogP contribution in [0.3, 0.4) is 0 Å². The molecule has 1 amide bonds. The summed E-state index contributed by atoms with van der Waals surface area (Å²) >= 11 is 0. The predicted octanol–water partition coefficient (Wildman–Crippen LogP) is 0.377. The summed E-state index contributed by atoms with van der Waals surface area (Å²) in [6.07, 6.45) is 1.38. The van der Waals surface area contributed by atoms with Crippen molar-refractivity contribution in [2.75, 3.05) is 32.8 Å². The molecular weight excluding hydrogens is 276 g/mol. The molecule has 1 saturated heterocycles. The Labute approximate surface area is 121 Å². The largest absolute Gasteiger partial charge is 0.379 e. The number of carbonyl (C=O) groups excluding carboxylic acids is 1. The summed E-state index contributed by atoms with van der Waals surface area (Å²) < 4.78 is 5.19. The summed E-state index contributed by atoms with van der Waals surface area (Å²) in [6, 6.07) is 6.02. The van der Waals surface area contributed by atoms with Gasteiger partial charge in [-0.2, -0.15) is 5.10 Å². The van der Waals surface area contributed by atoms with Crippen LogP contribution in [0.2, 0.25) is 0 Å². The molecule has 2 rings (SSSR count). The zero-order valence-corrected chi connectivity index (χ0v) is 11.4. The van der Waals surface area contributed by atoms with Gasteiger partial charge in [-0.25, -0.2) is 5.43 Å². The van der Waals surface area contributed by atoms with Crippen molar-refractivity contribution in [2.24, 2.45) is 5.10 Å². The lowest BCUT2D eigenvalue weighted by molar-refractivity contribution is -0.384. The minimum absolute atomic E-state index is 0.0152. The molecule has 1 fully saturated rings. The van der Waals surface area contributed by atoms with E-state index < -0.39 is 4.92 Å². The average Bonchev–Trinajstić information content (AvgIpc) is 2.48. The van der Waals surface area contributed by atoms with Gasteiger partial charge in [0.25, 0.3) is 11.6 Å². The summed E-state index contributed by atoms with van der Waals surface area (Å²) in [5, 5.41) is 14.4. The Kier molecular flexibility index (Phi) is 5.35. The molecule has 8 heteroatoms. The number of non-ortho nitro benzene ring substituents is 1. The number of nitrogens with zero attached hydrogens (tertiary/aromatic N) is 3. The molecule has 0 atom stereocenters. The molecule has 0 unspecified atom stereocenters. The number of morpholine rings is 1. The van der Waals surface area contributed by atoms with E-state index in [-0.39, 0.29) is 18.1 Å². The molecule has 21 heavy (non-hydrogen) atoms. The molecule has 1 N–H and O–H groups in total. The number of hydrogen-bond acceptors (Lipinski definition) is 6. The Hall–Kier alpha value is -2.32. The van der Waals surface area contributed by atoms with Crippen molar-refractivity contribution in [3.05, 3.63) is 39.9 Å². The Bertz CT molecular complexity index is 541. The van der Waals surface area contributed by atoms with Crippen LogP contribution in [-0.2, 0) is 9.53 Å². The molecule has 1 aliphatic heterocycles. The van der Waals surface area contributed by atoms with E-state index in [1.54, 1.807) is 12.1 Å². The van der Waals surface area contributed by atoms with Gasteiger partial charge in [-0.3, -0.25) is 19.8 Å². The maximum atomic E-state index is 11.7. The number of nitro groups is 1. The van der Waals surface area contributed by atoms with Gasteiger partial charge in [0, 0.05) is 30.8 Å². The highest BCUT2D eigenvalue weighted by atomic mass is 16.6. The molecule has 0 aliphatic carbocycles. The van der Waals surface area contributed by atoms with Gasteiger partial charge in [0.2, 0.25) is 0 Å². The van der Waals surface area contributed by atoms with Gasteiger partial charge in [-0.1, -0.05) is 12.1 Å². The van der Waals surface area contributed by atoms with Gasteiger partial charge in [0.05, 0.1) is 30.9 Å². The zero-order chi connectivity index (χ0) is 15.1. The van der Waals surface area contributed by atoms with E-state index in [0.717, 1.165) is 13.1 Å². The number of benzene rings is 1. The normalized spacial score (nSPS) is 16.0. The predicted molar refractivity (Wildman–Crippen MR) is 76.1 cm³/mol. The zero-order valence-electron chi connectivity index (χ0n) is 11.4. The van der Waals surface area contributed by atoms with Gasteiger partial charge in [0.1, 0.15) is 0 Å². The number of nitro benzene ring substituents is 1. The molecule has 0 bridgehead atoms. The van der Waals surface area contributed by atoms with Crippen molar-refractivity contribution >= 4 is 17.8 Å². The molecule has 0 radical (unpaired) electrons. The Morgan fingerprint density at radius 2 is 2.24 bits per heavy atom. The second-order valence-electron chi connectivity index (χ2n) is 4.53. The van der Waals surface area contributed by atoms with Crippen molar-refractivity contribution in [3.63, 3.8) is 0 Å². The molecule has 1 aromatic carbocycles. The number of hydrogen-bond donors (Lipinski definition) is 1. The van der Waals surface area contributed by atoms with Crippen molar-refractivity contribution in [3.8, 4) is 0 Å². The first kappa shape index (κ1) is 15.1. The first-order valence-corrected chi connectivity index (χ1v) is 6.51. The molecule has 112 valence electrons. The summed E-state index contributed by atoms with van der Waals surface area (Å²) in [4.78, 5) is 23.8. The minimum atomic E-state index is -0.478. The average molecular weight is 292 g/mol. The Morgan fingerprint density at radius 3 is 2.95 bits per heavy atom. The van der Waals surface area contributed by atoms with Crippen LogP contribution in [0.15, 0.2) is 29.4 Å². The number of hydrazone groups is 1. The van der Waals surface area contributed by atoms with E-state index in [2.05, 4.69) is 10.5 Å². The van der Waals surface area contributed by atoms with Crippen LogP contribution in [0.1, 0.15) is 5.56 Å². The molecule has 0 saturated carbocycles. The van der Waals surface area contributed by atoms with E-state index >= 15 is 0 Å². The number of nitrogens with one attached hydrogen (secondary N) is 1. The van der Waals surface area contributed by atoms with Crippen molar-refractivity contribution in [1.29, 1.82) is 0 Å². The van der Waals surface area contributed by atoms with E-state index in [1.165, 1.54) is 18.3 Å². The molecule has 8 nitrogen and oxygen atoms in total. The van der Waals surface area contributed by atoms with Crippen molar-refractivity contribution in [2.45, 2.75) is 0 Å². The SMILES string of the molecule is O=C(CN1CCOCC1)N/N=C/c1cccc([N+](=O)[O-])c1. The number of rotatable bonds is 5. The summed E-state index contributed by atoms with van der Waals surface area (Å²) in [6.45, 7) is 2.97. The van der Waals surface area contributed by atoms with E-state index in [0.29, 0.717) is 18.8 Å². The highest BCUT2D eigenvalue weighted by molar-refractivity contribution is 5.83. The third-order valence-electron chi connectivity index (χ3n) is 2.95. The van der Waals surface area contributed by atoms with Crippen LogP contribution in [0.5, 0.6) is 0 Å². The van der Waals surface area contributed by atoms with Crippen LogP contribution in [-0.4, -0.2) is 54.8 Å². The number of amides is 1. The second kappa shape index (κ2) is 7.46. The fourth-order valence-electron chi connectivity index (χ4n) is 1.90. The summed E-state index contributed by atoms with van der Waals surface area (Å²) in [5.41, 5.74) is 2.94. The summed E-state index contributed by atoms with van der Waals surface area (Å²) in [7, 11) is 0. The van der Waals surface area contributed by atoms with Gasteiger partial charge in [-0.15, -0.1) is 0 Å². The maximum Gasteiger partial charge on any atom is 0.270 e. The molecule has 1 heterocycles. The molecule has 1 aromatic rings. The lowest BCUT2D eigenvalue weighted by Crippen LogP contribution is -2.42. The lowest BCUT2D eigenvalue weighted by atomic mass is 10.2. The van der Waals surface area contributed by atoms with Gasteiger partial charge in [-0.05, 0) is 0 Å². The third-order valence-corrected chi connectivity index (χ3v) is 2.95. The molecule has 0 aromatic heterocycles. The van der Waals surface area contributed by atoms with E-state index in [9.17, 15) is 14.9 Å². The number of carbonyl (C=O) groups is 1. The van der Waals surface area contributed by atoms with Gasteiger partial charge in [0.15, 0.2) is 0 Å². The Morgan fingerprint density at radius 1 is 1.48 bits per heavy atom. The smallest absolute Gasteiger partial charge is 0.270 e. The quantitative estimate of drug-likeness (QED) is 0.480. The van der Waals surface area contributed by atoms with Crippen LogP contribution >= 0.6 is 0 Å². The first-order chi connectivity index (χ1) is 10.1. The highest BCUT2D eigenvalue weighted by Gasteiger charge is 2.13. The fraction of sp³-hybridized carbons (Fsp3) is 0.385. The standard InChI is InChI=1S/C13H16N4O4/c18-13(10-16-4-6-21-7-5-16)15-14-9-11-2-1-3-12(8-11)17(19)20/h1-3,8-9H,4-7,10H2,(H,15,18)/b14-9+. The monoisotopic (exact) mass is 292 g/mol. The topological polar surface area (TPSA) is 97.1 Å². The third kappa shape index (κ3) is 4.93. The molecule has 0 spiro atoms. The summed E-state index contributed by atoms with van der Waals surface area (Å²) in [5.74, 6) is -0.224. The van der Waals surface area contributed by atoms with Crippen molar-refractivity contribution in [1.82, 2.24) is 10.3 Å². The molecule has 1 aliphatic rings. The Balaban J connectivity index is 1.82. The molecular formula is C13H16N4O4. The van der Waals surface area contributed by atoms with Gasteiger partial charge < -0.3 is 4.74 Å². The highest BCUT2D eigenvalue weighted by Crippen LogP contribution is 2.11. The van der Waals surface area contributed by atoms with Crippen molar-refractivity contribution < 1.29 is 14.5 Å². The van der Waals surface area contributed by atoms with E-state index in [4.69, 9.17) is 4.74 Å². The second-order valence-corrected chi connectivity index (χ2v) is 4.53. The fourth-order valence-corrected chi connectivity index (χ4v) is 1.90. The maximum absolute atomic E-state index is 11.7. The van der Waals surface area contributed by atoms with Crippen LogP contribution in [0, 0.1) is 10.1 Å².